The number of urea groups is 1. The number of likely N-dealkylation sites (N-methyl/N-ethyl adjacent to an activating group) is 1. The van der Waals surface area contributed by atoms with E-state index in [0.717, 1.165) is 5.56 Å². The summed E-state index contributed by atoms with van der Waals surface area (Å²) < 4.78 is 4.54. The number of nitrogens with zero attached hydrogens (tertiary/aromatic N) is 1. The Morgan fingerprint density at radius 1 is 1.39 bits per heavy atom. The standard InChI is InChI=1S/C13H18N2O3/c1-4-15(9-12(16)18-3)13(17)14-11-7-5-6-10(2)8-11/h5-8H,4,9H2,1-3H3,(H,14,17). The van der Waals surface area contributed by atoms with E-state index in [-0.39, 0.29) is 12.6 Å². The molecule has 5 heteroatoms. The van der Waals surface area contributed by atoms with Gasteiger partial charge in [-0.05, 0) is 31.5 Å². The Bertz CT molecular complexity index is 432. The molecule has 0 radical (unpaired) electrons. The number of carbonyl (C=O) groups is 2. The summed E-state index contributed by atoms with van der Waals surface area (Å²) in [5.41, 5.74) is 1.77. The first-order chi connectivity index (χ1) is 8.56. The van der Waals surface area contributed by atoms with Crippen molar-refractivity contribution in [2.45, 2.75) is 13.8 Å². The number of benzene rings is 1. The number of ether oxygens (including phenoxy) is 1. The van der Waals surface area contributed by atoms with Crippen molar-refractivity contribution in [3.8, 4) is 0 Å². The van der Waals surface area contributed by atoms with Crippen molar-refractivity contribution < 1.29 is 14.3 Å². The molecule has 1 aromatic rings. The second-order valence-electron chi connectivity index (χ2n) is 3.89. The molecule has 0 fully saturated rings. The van der Waals surface area contributed by atoms with Crippen LogP contribution in [0.15, 0.2) is 24.3 Å². The molecule has 1 rings (SSSR count). The SMILES string of the molecule is CCN(CC(=O)OC)C(=O)Nc1cccc(C)c1. The van der Waals surface area contributed by atoms with E-state index in [0.29, 0.717) is 12.2 Å². The molecule has 0 aliphatic heterocycles. The van der Waals surface area contributed by atoms with Crippen molar-refractivity contribution in [3.05, 3.63) is 29.8 Å². The molecule has 0 aromatic heterocycles. The molecule has 0 aliphatic rings. The van der Waals surface area contributed by atoms with Crippen LogP contribution < -0.4 is 5.32 Å². The summed E-state index contributed by atoms with van der Waals surface area (Å²) in [4.78, 5) is 24.4. The van der Waals surface area contributed by atoms with Gasteiger partial charge in [0.15, 0.2) is 0 Å². The van der Waals surface area contributed by atoms with E-state index in [9.17, 15) is 9.59 Å². The monoisotopic (exact) mass is 250 g/mol. The zero-order valence-corrected chi connectivity index (χ0v) is 10.9. The molecule has 18 heavy (non-hydrogen) atoms. The van der Waals surface area contributed by atoms with Crippen molar-refractivity contribution in [1.82, 2.24) is 4.90 Å². The van der Waals surface area contributed by atoms with E-state index in [1.165, 1.54) is 12.0 Å². The Morgan fingerprint density at radius 2 is 2.11 bits per heavy atom. The maximum atomic E-state index is 11.9. The molecule has 0 unspecified atom stereocenters. The first kappa shape index (κ1) is 14.0. The average Bonchev–Trinajstić information content (AvgIpc) is 2.35. The normalized spacial score (nSPS) is 9.72. The largest absolute Gasteiger partial charge is 0.468 e. The van der Waals surface area contributed by atoms with Crippen LogP contribution in [0, 0.1) is 6.92 Å². The predicted molar refractivity (Wildman–Crippen MR) is 69.5 cm³/mol. The van der Waals surface area contributed by atoms with Gasteiger partial charge in [-0.15, -0.1) is 0 Å². The van der Waals surface area contributed by atoms with Gasteiger partial charge in [0.25, 0.3) is 0 Å². The summed E-state index contributed by atoms with van der Waals surface area (Å²) in [6, 6.07) is 7.16. The number of esters is 1. The fourth-order valence-electron chi connectivity index (χ4n) is 1.47. The van der Waals surface area contributed by atoms with Gasteiger partial charge in [-0.25, -0.2) is 4.79 Å². The Hall–Kier alpha value is -2.04. The molecule has 0 heterocycles. The molecule has 2 amide bonds. The maximum Gasteiger partial charge on any atom is 0.325 e. The molecule has 98 valence electrons. The number of nitrogens with one attached hydrogen (secondary N) is 1. The van der Waals surface area contributed by atoms with Gasteiger partial charge in [0.05, 0.1) is 7.11 Å². The molecular formula is C13H18N2O3. The number of aryl methyl sites for hydroxylation is 1. The van der Waals surface area contributed by atoms with E-state index in [2.05, 4.69) is 10.1 Å². The third-order valence-corrected chi connectivity index (χ3v) is 2.49. The van der Waals surface area contributed by atoms with Gasteiger partial charge in [-0.3, -0.25) is 4.79 Å². The molecule has 1 N–H and O–H groups in total. The number of rotatable bonds is 4. The Labute approximate surface area is 107 Å². The molecule has 0 aliphatic carbocycles. The maximum absolute atomic E-state index is 11.9. The topological polar surface area (TPSA) is 58.6 Å². The number of methoxy groups -OCH3 is 1. The minimum Gasteiger partial charge on any atom is -0.468 e. The third kappa shape index (κ3) is 4.08. The molecule has 5 nitrogen and oxygen atoms in total. The summed E-state index contributed by atoms with van der Waals surface area (Å²) in [5, 5.41) is 2.74. The quantitative estimate of drug-likeness (QED) is 0.832. The van der Waals surface area contributed by atoms with E-state index >= 15 is 0 Å². The average molecular weight is 250 g/mol. The minimum atomic E-state index is -0.434. The van der Waals surface area contributed by atoms with Gasteiger partial charge in [-0.2, -0.15) is 0 Å². The van der Waals surface area contributed by atoms with Crippen LogP contribution in [0.2, 0.25) is 0 Å². The lowest BCUT2D eigenvalue weighted by Crippen LogP contribution is -2.38. The minimum absolute atomic E-state index is 0.0509. The summed E-state index contributed by atoms with van der Waals surface area (Å²) in [6.45, 7) is 4.14. The highest BCUT2D eigenvalue weighted by Crippen LogP contribution is 2.10. The second-order valence-corrected chi connectivity index (χ2v) is 3.89. The first-order valence-electron chi connectivity index (χ1n) is 5.76. The van der Waals surface area contributed by atoms with Gasteiger partial charge in [0.1, 0.15) is 6.54 Å². The lowest BCUT2D eigenvalue weighted by molar-refractivity contribution is -0.141. The Balaban J connectivity index is 2.65. The van der Waals surface area contributed by atoms with E-state index in [1.807, 2.05) is 25.1 Å². The predicted octanol–water partition coefficient (Wildman–Crippen LogP) is 2.02. The number of hydrogen-bond acceptors (Lipinski definition) is 3. The third-order valence-electron chi connectivity index (χ3n) is 2.49. The zero-order valence-electron chi connectivity index (χ0n) is 10.9. The molecule has 0 saturated heterocycles. The number of carbonyl (C=O) groups excluding carboxylic acids is 2. The van der Waals surface area contributed by atoms with E-state index in [1.54, 1.807) is 13.0 Å². The van der Waals surface area contributed by atoms with Crippen LogP contribution >= 0.6 is 0 Å². The molecular weight excluding hydrogens is 232 g/mol. The Kier molecular flexibility index (Phi) is 5.17. The first-order valence-corrected chi connectivity index (χ1v) is 5.76. The highest BCUT2D eigenvalue weighted by molar-refractivity contribution is 5.91. The van der Waals surface area contributed by atoms with Crippen LogP contribution in [0.25, 0.3) is 0 Å². The lowest BCUT2D eigenvalue weighted by Gasteiger charge is -2.20. The Morgan fingerprint density at radius 3 is 2.67 bits per heavy atom. The fraction of sp³-hybridized carbons (Fsp3) is 0.385. The fourth-order valence-corrected chi connectivity index (χ4v) is 1.47. The number of anilines is 1. The summed E-state index contributed by atoms with van der Waals surface area (Å²) >= 11 is 0. The van der Waals surface area contributed by atoms with Gasteiger partial charge in [0, 0.05) is 12.2 Å². The van der Waals surface area contributed by atoms with Crippen LogP contribution in [0.5, 0.6) is 0 Å². The van der Waals surface area contributed by atoms with Crippen LogP contribution in [-0.2, 0) is 9.53 Å². The van der Waals surface area contributed by atoms with Crippen LogP contribution in [-0.4, -0.2) is 37.1 Å². The van der Waals surface area contributed by atoms with Crippen molar-refractivity contribution in [1.29, 1.82) is 0 Å². The van der Waals surface area contributed by atoms with Crippen LogP contribution in [0.3, 0.4) is 0 Å². The van der Waals surface area contributed by atoms with Crippen LogP contribution in [0.4, 0.5) is 10.5 Å². The molecule has 0 bridgehead atoms. The van der Waals surface area contributed by atoms with Crippen molar-refractivity contribution >= 4 is 17.7 Å². The summed E-state index contributed by atoms with van der Waals surface area (Å²) in [7, 11) is 1.30. The molecule has 0 saturated carbocycles. The highest BCUT2D eigenvalue weighted by Gasteiger charge is 2.15. The van der Waals surface area contributed by atoms with Crippen molar-refractivity contribution in [3.63, 3.8) is 0 Å². The van der Waals surface area contributed by atoms with E-state index in [4.69, 9.17) is 0 Å². The van der Waals surface area contributed by atoms with Crippen LogP contribution in [0.1, 0.15) is 12.5 Å². The van der Waals surface area contributed by atoms with Gasteiger partial charge in [0.2, 0.25) is 0 Å². The highest BCUT2D eigenvalue weighted by atomic mass is 16.5. The number of hydrogen-bond donors (Lipinski definition) is 1. The number of amides is 2. The zero-order chi connectivity index (χ0) is 13.5. The lowest BCUT2D eigenvalue weighted by atomic mass is 10.2. The molecule has 0 spiro atoms. The van der Waals surface area contributed by atoms with Gasteiger partial charge >= 0.3 is 12.0 Å². The van der Waals surface area contributed by atoms with E-state index < -0.39 is 5.97 Å². The molecule has 0 atom stereocenters. The van der Waals surface area contributed by atoms with Crippen molar-refractivity contribution in [2.75, 3.05) is 25.5 Å². The summed E-state index contributed by atoms with van der Waals surface area (Å²) in [6.07, 6.45) is 0. The smallest absolute Gasteiger partial charge is 0.325 e. The second kappa shape index (κ2) is 6.64. The van der Waals surface area contributed by atoms with Crippen molar-refractivity contribution in [2.24, 2.45) is 0 Å². The molecule has 1 aromatic carbocycles. The van der Waals surface area contributed by atoms with Gasteiger partial charge < -0.3 is 15.0 Å². The van der Waals surface area contributed by atoms with Gasteiger partial charge in [-0.1, -0.05) is 12.1 Å². The summed E-state index contributed by atoms with van der Waals surface area (Å²) in [5.74, 6) is -0.434.